The molecule has 0 atom stereocenters. The number of aromatic nitrogens is 3. The Balaban J connectivity index is 0.00000220. The van der Waals surface area contributed by atoms with Gasteiger partial charge in [0.1, 0.15) is 5.82 Å². The van der Waals surface area contributed by atoms with E-state index in [1.807, 2.05) is 6.92 Å². The molecule has 1 heterocycles. The molecule has 0 fully saturated rings. The summed E-state index contributed by atoms with van der Waals surface area (Å²) in [6.45, 7) is 2.03. The highest BCUT2D eigenvalue weighted by Crippen LogP contribution is 2.17. The third-order valence-electron chi connectivity index (χ3n) is 2.71. The highest BCUT2D eigenvalue weighted by Gasteiger charge is 2.12. The number of rotatable bonds is 6. The monoisotopic (exact) mass is 374 g/mol. The number of halogens is 2. The average Bonchev–Trinajstić information content (AvgIpc) is 2.79. The van der Waals surface area contributed by atoms with Crippen molar-refractivity contribution < 1.29 is 9.18 Å². The number of hydrogen-bond acceptors (Lipinski definition) is 5. The second kappa shape index (κ2) is 8.14. The second-order valence-corrected chi connectivity index (χ2v) is 5.18. The van der Waals surface area contributed by atoms with Gasteiger partial charge in [-0.2, -0.15) is 0 Å². The summed E-state index contributed by atoms with van der Waals surface area (Å²) in [5.41, 5.74) is 0.468. The Bertz CT molecular complexity index is 603. The summed E-state index contributed by atoms with van der Waals surface area (Å²) in [6.07, 6.45) is 1.67. The van der Waals surface area contributed by atoms with Crippen LogP contribution in [0.1, 0.15) is 29.5 Å². The molecule has 0 aliphatic heterocycles. The molecule has 0 radical (unpaired) electrons. The first kappa shape index (κ1) is 17.6. The van der Waals surface area contributed by atoms with E-state index in [1.54, 1.807) is 0 Å². The smallest absolute Gasteiger partial charge is 0.210 e. The summed E-state index contributed by atoms with van der Waals surface area (Å²) in [5.74, 6) is 6.27. The molecule has 1 aromatic heterocycles. The summed E-state index contributed by atoms with van der Waals surface area (Å²) >= 11 is 1.22. The van der Waals surface area contributed by atoms with Crippen molar-refractivity contribution in [3.63, 3.8) is 0 Å². The van der Waals surface area contributed by atoms with E-state index < -0.39 is 0 Å². The lowest BCUT2D eigenvalue weighted by Crippen LogP contribution is -2.14. The number of nitrogen functional groups attached to an aromatic ring is 1. The van der Waals surface area contributed by atoms with Crippen LogP contribution in [0.15, 0.2) is 29.4 Å². The van der Waals surface area contributed by atoms with Gasteiger partial charge in [-0.1, -0.05) is 18.7 Å². The Morgan fingerprint density at radius 2 is 2.00 bits per heavy atom. The minimum atomic E-state index is -0.361. The summed E-state index contributed by atoms with van der Waals surface area (Å²) in [7, 11) is 0. The van der Waals surface area contributed by atoms with Gasteiger partial charge in [-0.05, 0) is 30.7 Å². The number of thioether (sulfide) groups is 1. The lowest BCUT2D eigenvalue weighted by Gasteiger charge is -2.03. The molecule has 0 bridgehead atoms. The quantitative estimate of drug-likeness (QED) is 0.477. The van der Waals surface area contributed by atoms with Crippen LogP contribution in [0.5, 0.6) is 0 Å². The number of ketones is 1. The normalized spacial score (nSPS) is 10.2. The molecule has 0 spiro atoms. The number of nitrogens with zero attached hydrogens (tertiary/aromatic N) is 3. The van der Waals surface area contributed by atoms with Crippen LogP contribution in [0.4, 0.5) is 4.39 Å². The number of nitrogens with two attached hydrogens (primary N) is 1. The van der Waals surface area contributed by atoms with Crippen LogP contribution in [-0.2, 0) is 6.42 Å². The topological polar surface area (TPSA) is 73.8 Å². The maximum absolute atomic E-state index is 12.8. The van der Waals surface area contributed by atoms with Crippen molar-refractivity contribution in [1.82, 2.24) is 14.9 Å². The van der Waals surface area contributed by atoms with E-state index in [0.29, 0.717) is 16.5 Å². The summed E-state index contributed by atoms with van der Waals surface area (Å²) in [5, 5.41) is 8.43. The van der Waals surface area contributed by atoms with Crippen LogP contribution in [0.3, 0.4) is 0 Å². The molecule has 114 valence electrons. The zero-order valence-electron chi connectivity index (χ0n) is 11.5. The summed E-state index contributed by atoms with van der Waals surface area (Å²) in [6, 6.07) is 5.47. The third kappa shape index (κ3) is 4.53. The lowest BCUT2D eigenvalue weighted by molar-refractivity contribution is 0.102. The fourth-order valence-electron chi connectivity index (χ4n) is 1.65. The molecule has 21 heavy (non-hydrogen) atoms. The van der Waals surface area contributed by atoms with Crippen LogP contribution in [-0.4, -0.2) is 26.4 Å². The minimum Gasteiger partial charge on any atom is -0.336 e. The van der Waals surface area contributed by atoms with Crippen LogP contribution in [0, 0.1) is 5.82 Å². The maximum atomic E-state index is 12.8. The molecular weight excluding hydrogens is 359 g/mol. The first-order chi connectivity index (χ1) is 9.61. The van der Waals surface area contributed by atoms with Crippen molar-refractivity contribution in [2.45, 2.75) is 24.9 Å². The number of aryl methyl sites for hydroxylation is 1. The Kier molecular flexibility index (Phi) is 6.83. The molecule has 8 heteroatoms. The zero-order valence-corrected chi connectivity index (χ0v) is 14.0. The van der Waals surface area contributed by atoms with E-state index in [2.05, 4.69) is 10.2 Å². The number of hydrogen-bond donors (Lipinski definition) is 1. The van der Waals surface area contributed by atoms with Gasteiger partial charge in [0.2, 0.25) is 5.16 Å². The zero-order chi connectivity index (χ0) is 14.5. The molecule has 0 amide bonds. The van der Waals surface area contributed by atoms with Gasteiger partial charge >= 0.3 is 0 Å². The maximum Gasteiger partial charge on any atom is 0.210 e. The Morgan fingerprint density at radius 1 is 1.33 bits per heavy atom. The van der Waals surface area contributed by atoms with E-state index in [9.17, 15) is 9.18 Å². The van der Waals surface area contributed by atoms with Crippen molar-refractivity contribution in [2.24, 2.45) is 0 Å². The minimum absolute atomic E-state index is 0. The first-order valence-electron chi connectivity index (χ1n) is 6.22. The molecule has 1 aromatic carbocycles. The van der Waals surface area contributed by atoms with Gasteiger partial charge in [-0.25, -0.2) is 9.07 Å². The van der Waals surface area contributed by atoms with E-state index >= 15 is 0 Å². The lowest BCUT2D eigenvalue weighted by atomic mass is 10.1. The van der Waals surface area contributed by atoms with Gasteiger partial charge in [0.05, 0.1) is 5.75 Å². The second-order valence-electron chi connectivity index (χ2n) is 4.24. The average molecular weight is 375 g/mol. The van der Waals surface area contributed by atoms with E-state index in [-0.39, 0.29) is 34.3 Å². The highest BCUT2D eigenvalue weighted by atomic mass is 79.9. The van der Waals surface area contributed by atoms with Crippen LogP contribution >= 0.6 is 28.7 Å². The van der Waals surface area contributed by atoms with Crippen molar-refractivity contribution in [3.05, 3.63) is 41.5 Å². The molecule has 2 aromatic rings. The van der Waals surface area contributed by atoms with Crippen molar-refractivity contribution in [1.29, 1.82) is 0 Å². The predicted octanol–water partition coefficient (Wildman–Crippen LogP) is 2.64. The van der Waals surface area contributed by atoms with Crippen LogP contribution in [0.2, 0.25) is 0 Å². The number of carbonyl (C=O) groups is 1. The summed E-state index contributed by atoms with van der Waals surface area (Å²) in [4.78, 5) is 11.9. The summed E-state index contributed by atoms with van der Waals surface area (Å²) < 4.78 is 14.2. The molecule has 0 unspecified atom stereocenters. The van der Waals surface area contributed by atoms with Gasteiger partial charge in [-0.15, -0.1) is 27.2 Å². The molecule has 0 saturated heterocycles. The van der Waals surface area contributed by atoms with Gasteiger partial charge in [-0.3, -0.25) is 4.79 Å². The van der Waals surface area contributed by atoms with Crippen molar-refractivity contribution in [3.8, 4) is 0 Å². The highest BCUT2D eigenvalue weighted by molar-refractivity contribution is 8.93. The molecule has 0 aliphatic rings. The van der Waals surface area contributed by atoms with Crippen molar-refractivity contribution >= 4 is 34.5 Å². The number of carbonyl (C=O) groups excluding carboxylic acids is 1. The molecule has 5 nitrogen and oxygen atoms in total. The van der Waals surface area contributed by atoms with Gasteiger partial charge in [0, 0.05) is 12.0 Å². The first-order valence-corrected chi connectivity index (χ1v) is 7.21. The Hall–Kier alpha value is -1.41. The van der Waals surface area contributed by atoms with Gasteiger partial charge in [0.25, 0.3) is 0 Å². The fourth-order valence-corrected chi connectivity index (χ4v) is 2.42. The fraction of sp³-hybridized carbons (Fsp3) is 0.308. The van der Waals surface area contributed by atoms with E-state index in [4.69, 9.17) is 5.84 Å². The predicted molar refractivity (Wildman–Crippen MR) is 85.9 cm³/mol. The molecule has 0 aliphatic carbocycles. The molecule has 0 saturated carbocycles. The Morgan fingerprint density at radius 3 is 2.62 bits per heavy atom. The molecule has 2 N–H and O–H groups in total. The van der Waals surface area contributed by atoms with Crippen LogP contribution < -0.4 is 5.84 Å². The molecular formula is C13H16BrFN4OS. The van der Waals surface area contributed by atoms with Gasteiger partial charge < -0.3 is 5.84 Å². The van der Waals surface area contributed by atoms with Crippen molar-refractivity contribution in [2.75, 3.05) is 11.6 Å². The standard InChI is InChI=1S/C13H15FN4OS.BrH/c1-2-3-12-16-17-13(18(12)15)20-8-11(19)9-4-6-10(14)7-5-9;/h4-7H,2-3,8,15H2,1H3;1H. The number of benzene rings is 1. The SMILES string of the molecule is Br.CCCc1nnc(SCC(=O)c2ccc(F)cc2)n1N. The number of Topliss-reactive ketones (excluding diaryl/α,β-unsaturated/α-hetero) is 1. The largest absolute Gasteiger partial charge is 0.336 e. The third-order valence-corrected chi connectivity index (χ3v) is 3.65. The van der Waals surface area contributed by atoms with Crippen LogP contribution in [0.25, 0.3) is 0 Å². The Labute approximate surface area is 136 Å². The van der Waals surface area contributed by atoms with E-state index in [1.165, 1.54) is 40.7 Å². The van der Waals surface area contributed by atoms with Gasteiger partial charge in [0.15, 0.2) is 11.6 Å². The molecule has 2 rings (SSSR count). The van der Waals surface area contributed by atoms with E-state index in [0.717, 1.165) is 12.8 Å².